The van der Waals surface area contributed by atoms with Crippen molar-refractivity contribution in [3.63, 3.8) is 0 Å². The van der Waals surface area contributed by atoms with Gasteiger partial charge in [-0.3, -0.25) is 0 Å². The molecule has 0 spiro atoms. The zero-order valence-electron chi connectivity index (χ0n) is 23.9. The number of fused-ring (bicyclic) bond motifs is 4. The van der Waals surface area contributed by atoms with Crippen LogP contribution in [0.4, 0.5) is 0 Å². The van der Waals surface area contributed by atoms with Gasteiger partial charge in [0.05, 0.1) is 7.11 Å². The first-order valence-corrected chi connectivity index (χ1v) is 14.4. The van der Waals surface area contributed by atoms with Gasteiger partial charge >= 0.3 is 0 Å². The highest BCUT2D eigenvalue weighted by atomic mass is 16.5. The fraction of sp³-hybridized carbons (Fsp3) is 0.0244. The van der Waals surface area contributed by atoms with Crippen LogP contribution in [0.25, 0.3) is 65.3 Å². The van der Waals surface area contributed by atoms with Gasteiger partial charge in [0.15, 0.2) is 0 Å². The average Bonchev–Trinajstić information content (AvgIpc) is 3.07. The second kappa shape index (κ2) is 11.3. The first-order chi connectivity index (χ1) is 21.1. The van der Waals surface area contributed by atoms with Gasteiger partial charge in [-0.05, 0) is 114 Å². The van der Waals surface area contributed by atoms with Crippen LogP contribution in [0.15, 0.2) is 158 Å². The summed E-state index contributed by atoms with van der Waals surface area (Å²) < 4.78 is 5.33. The Kier molecular flexibility index (Phi) is 6.94. The van der Waals surface area contributed by atoms with Crippen molar-refractivity contribution in [2.45, 2.75) is 0 Å². The molecule has 0 aromatic heterocycles. The molecule has 0 aliphatic heterocycles. The fourth-order valence-corrected chi connectivity index (χ4v) is 5.68. The Hall–Kier alpha value is -5.60. The van der Waals surface area contributed by atoms with Gasteiger partial charge in [0.2, 0.25) is 0 Å². The maximum atomic E-state index is 9.63. The Balaban J connectivity index is 0.000000140. The molecule has 2 nitrogen and oxygen atoms in total. The van der Waals surface area contributed by atoms with Gasteiger partial charge in [-0.15, -0.1) is 0 Å². The van der Waals surface area contributed by atoms with E-state index in [1.54, 1.807) is 19.2 Å². The number of aromatic hydroxyl groups is 1. The SMILES string of the molecule is COc1ccc2ccc(-c3ccc4ccccc4c3)cc2c1.Oc1ccc2ccc(-c3ccc4ccccc4c3)cc2c1. The largest absolute Gasteiger partial charge is 0.508 e. The van der Waals surface area contributed by atoms with E-state index in [1.807, 2.05) is 12.1 Å². The number of phenols is 1. The highest BCUT2D eigenvalue weighted by molar-refractivity contribution is 5.93. The van der Waals surface area contributed by atoms with E-state index in [1.165, 1.54) is 54.6 Å². The Morgan fingerprint density at radius 2 is 0.721 bits per heavy atom. The topological polar surface area (TPSA) is 29.5 Å². The number of rotatable bonds is 3. The number of phenolic OH excluding ortho intramolecular Hbond substituents is 1. The zero-order chi connectivity index (χ0) is 29.2. The Morgan fingerprint density at radius 3 is 1.21 bits per heavy atom. The van der Waals surface area contributed by atoms with Gasteiger partial charge in [-0.1, -0.05) is 109 Å². The molecule has 0 atom stereocenters. The average molecular weight is 555 g/mol. The lowest BCUT2D eigenvalue weighted by molar-refractivity contribution is 0.415. The molecule has 8 aromatic rings. The number of hydrogen-bond donors (Lipinski definition) is 1. The molecule has 43 heavy (non-hydrogen) atoms. The summed E-state index contributed by atoms with van der Waals surface area (Å²) >= 11 is 0. The van der Waals surface area contributed by atoms with E-state index in [0.29, 0.717) is 5.75 Å². The minimum absolute atomic E-state index is 0.304. The van der Waals surface area contributed by atoms with Crippen LogP contribution in [0.1, 0.15) is 0 Å². The highest BCUT2D eigenvalue weighted by Crippen LogP contribution is 2.30. The van der Waals surface area contributed by atoms with E-state index in [2.05, 4.69) is 133 Å². The van der Waals surface area contributed by atoms with Crippen molar-refractivity contribution in [1.29, 1.82) is 0 Å². The van der Waals surface area contributed by atoms with Crippen molar-refractivity contribution in [1.82, 2.24) is 0 Å². The maximum Gasteiger partial charge on any atom is 0.119 e. The molecule has 2 heteroatoms. The molecule has 0 unspecified atom stereocenters. The molecule has 0 saturated heterocycles. The predicted octanol–water partition coefficient (Wildman–Crippen LogP) is 11.0. The molecule has 1 N–H and O–H groups in total. The van der Waals surface area contributed by atoms with Crippen LogP contribution >= 0.6 is 0 Å². The number of methoxy groups -OCH3 is 1. The summed E-state index contributed by atoms with van der Waals surface area (Å²) in [6.07, 6.45) is 0. The first kappa shape index (κ1) is 26.3. The molecule has 8 aromatic carbocycles. The van der Waals surface area contributed by atoms with Crippen LogP contribution in [-0.4, -0.2) is 12.2 Å². The normalized spacial score (nSPS) is 11.0. The summed E-state index contributed by atoms with van der Waals surface area (Å²) in [5.41, 5.74) is 4.83. The minimum atomic E-state index is 0.304. The van der Waals surface area contributed by atoms with Crippen LogP contribution < -0.4 is 4.74 Å². The minimum Gasteiger partial charge on any atom is -0.508 e. The lowest BCUT2D eigenvalue weighted by Crippen LogP contribution is -1.84. The van der Waals surface area contributed by atoms with Gasteiger partial charge < -0.3 is 9.84 Å². The van der Waals surface area contributed by atoms with Crippen molar-refractivity contribution in [2.75, 3.05) is 7.11 Å². The standard InChI is InChI=1S/C21H16O.C20H14O/c1-22-21-11-10-16-7-9-19(13-20(16)14-21)18-8-6-15-4-2-3-5-17(15)12-18;21-20-10-9-15-6-8-18(12-19(15)13-20)17-7-5-14-3-1-2-4-16(14)11-17/h2-14H,1H3;1-13,21H. The van der Waals surface area contributed by atoms with Crippen LogP contribution in [0.5, 0.6) is 11.5 Å². The number of hydrogen-bond acceptors (Lipinski definition) is 2. The van der Waals surface area contributed by atoms with Crippen LogP contribution in [0.2, 0.25) is 0 Å². The van der Waals surface area contributed by atoms with Gasteiger partial charge in [0.25, 0.3) is 0 Å². The Bertz CT molecular complexity index is 2250. The van der Waals surface area contributed by atoms with E-state index >= 15 is 0 Å². The van der Waals surface area contributed by atoms with E-state index in [4.69, 9.17) is 4.74 Å². The molecule has 0 radical (unpaired) electrons. The molecule has 8 rings (SSSR count). The molecule has 0 aliphatic carbocycles. The lowest BCUT2D eigenvalue weighted by atomic mass is 9.98. The molecule has 0 heterocycles. The molecule has 206 valence electrons. The predicted molar refractivity (Wildman–Crippen MR) is 182 cm³/mol. The molecule has 0 fully saturated rings. The molecule has 0 amide bonds. The Morgan fingerprint density at radius 1 is 0.349 bits per heavy atom. The first-order valence-electron chi connectivity index (χ1n) is 14.4. The van der Waals surface area contributed by atoms with Gasteiger partial charge in [-0.25, -0.2) is 0 Å². The molecule has 0 saturated carbocycles. The van der Waals surface area contributed by atoms with E-state index in [9.17, 15) is 5.11 Å². The molecule has 0 aliphatic rings. The highest BCUT2D eigenvalue weighted by Gasteiger charge is 2.04. The van der Waals surface area contributed by atoms with E-state index in [0.717, 1.165) is 16.5 Å². The summed E-state index contributed by atoms with van der Waals surface area (Å²) in [6, 6.07) is 54.5. The number of benzene rings is 8. The third-order valence-electron chi connectivity index (χ3n) is 8.04. The van der Waals surface area contributed by atoms with Crippen molar-refractivity contribution < 1.29 is 9.84 Å². The molecule has 0 bridgehead atoms. The van der Waals surface area contributed by atoms with E-state index < -0.39 is 0 Å². The van der Waals surface area contributed by atoms with Crippen LogP contribution in [0.3, 0.4) is 0 Å². The van der Waals surface area contributed by atoms with E-state index in [-0.39, 0.29) is 0 Å². The summed E-state index contributed by atoms with van der Waals surface area (Å²) in [5, 5.41) is 19.3. The van der Waals surface area contributed by atoms with Gasteiger partial charge in [0, 0.05) is 0 Å². The second-order valence-corrected chi connectivity index (χ2v) is 10.8. The van der Waals surface area contributed by atoms with Crippen molar-refractivity contribution >= 4 is 43.1 Å². The summed E-state index contributed by atoms with van der Waals surface area (Å²) in [7, 11) is 1.70. The monoisotopic (exact) mass is 554 g/mol. The molecular formula is C41H30O2. The summed E-state index contributed by atoms with van der Waals surface area (Å²) in [4.78, 5) is 0. The van der Waals surface area contributed by atoms with Gasteiger partial charge in [0.1, 0.15) is 11.5 Å². The van der Waals surface area contributed by atoms with Crippen molar-refractivity contribution in [3.8, 4) is 33.8 Å². The van der Waals surface area contributed by atoms with Crippen LogP contribution in [0, 0.1) is 0 Å². The van der Waals surface area contributed by atoms with Gasteiger partial charge in [-0.2, -0.15) is 0 Å². The molecular weight excluding hydrogens is 524 g/mol. The van der Waals surface area contributed by atoms with Crippen molar-refractivity contribution in [2.24, 2.45) is 0 Å². The Labute approximate surface area is 251 Å². The smallest absolute Gasteiger partial charge is 0.119 e. The van der Waals surface area contributed by atoms with Crippen LogP contribution in [-0.2, 0) is 0 Å². The summed E-state index contributed by atoms with van der Waals surface area (Å²) in [5.74, 6) is 1.20. The zero-order valence-corrected chi connectivity index (χ0v) is 23.9. The lowest BCUT2D eigenvalue weighted by Gasteiger charge is -2.07. The second-order valence-electron chi connectivity index (χ2n) is 10.8. The van der Waals surface area contributed by atoms with Crippen molar-refractivity contribution in [3.05, 3.63) is 158 Å². The quantitative estimate of drug-likeness (QED) is 0.235. The maximum absolute atomic E-state index is 9.63. The third-order valence-corrected chi connectivity index (χ3v) is 8.04. The third kappa shape index (κ3) is 5.51. The summed E-state index contributed by atoms with van der Waals surface area (Å²) in [6.45, 7) is 0. The fourth-order valence-electron chi connectivity index (χ4n) is 5.68. The number of ether oxygens (including phenoxy) is 1.